The second kappa shape index (κ2) is 15.9. The van der Waals surface area contributed by atoms with Gasteiger partial charge in [-0.25, -0.2) is 4.79 Å². The summed E-state index contributed by atoms with van der Waals surface area (Å²) in [6.45, 7) is 6.73. The number of hydrogen-bond acceptors (Lipinski definition) is 2. The van der Waals surface area contributed by atoms with E-state index in [0.717, 1.165) is 25.0 Å². The maximum absolute atomic E-state index is 11.4. The second-order valence-electron chi connectivity index (χ2n) is 8.75. The minimum absolute atomic E-state index is 0.0860. The van der Waals surface area contributed by atoms with Crippen molar-refractivity contribution >= 4 is 0 Å². The third-order valence-electron chi connectivity index (χ3n) is 6.70. The second-order valence-corrected chi connectivity index (χ2v) is 8.75. The molecule has 0 aliphatic heterocycles. The molecule has 0 fully saturated rings. The van der Waals surface area contributed by atoms with Crippen molar-refractivity contribution in [3.63, 3.8) is 0 Å². The van der Waals surface area contributed by atoms with Gasteiger partial charge in [-0.3, -0.25) is 4.98 Å². The first-order valence-corrected chi connectivity index (χ1v) is 12.4. The number of aromatic nitrogens is 1. The van der Waals surface area contributed by atoms with E-state index >= 15 is 0 Å². The number of oxazole rings is 1. The summed E-state index contributed by atoms with van der Waals surface area (Å²) in [6, 6.07) is 0. The standard InChI is InChI=1S/C25H47NO2/c1-4-7-8-9-10-11-12-13-14-15-16-17-18-19-20-21-25(5-2,6-3)23-22-28-24(27)26-23/h22H,4-21H2,1-3H3,(H,26,27). The first-order valence-electron chi connectivity index (χ1n) is 12.4. The van der Waals surface area contributed by atoms with Crippen LogP contribution in [0.2, 0.25) is 0 Å². The van der Waals surface area contributed by atoms with Gasteiger partial charge in [0.05, 0.1) is 5.69 Å². The van der Waals surface area contributed by atoms with Gasteiger partial charge in [-0.05, 0) is 19.3 Å². The van der Waals surface area contributed by atoms with Crippen molar-refractivity contribution in [1.29, 1.82) is 0 Å². The SMILES string of the molecule is CCCCCCCCCCCCCCCCCC(CC)(CC)c1coc(=O)[nH]1. The van der Waals surface area contributed by atoms with Crippen LogP contribution >= 0.6 is 0 Å². The van der Waals surface area contributed by atoms with E-state index in [1.54, 1.807) is 6.26 Å². The predicted octanol–water partition coefficient (Wildman–Crippen LogP) is 8.29. The van der Waals surface area contributed by atoms with E-state index in [2.05, 4.69) is 25.8 Å². The Labute approximate surface area is 174 Å². The monoisotopic (exact) mass is 393 g/mol. The Kier molecular flexibility index (Phi) is 14.2. The van der Waals surface area contributed by atoms with Crippen molar-refractivity contribution in [2.45, 2.75) is 142 Å². The van der Waals surface area contributed by atoms with Crippen LogP contribution in [-0.4, -0.2) is 4.98 Å². The molecule has 28 heavy (non-hydrogen) atoms. The number of H-pyrrole nitrogens is 1. The molecule has 1 aromatic heterocycles. The van der Waals surface area contributed by atoms with Gasteiger partial charge in [0, 0.05) is 5.41 Å². The molecule has 1 rings (SSSR count). The van der Waals surface area contributed by atoms with Gasteiger partial charge in [-0.1, -0.05) is 117 Å². The normalized spacial score (nSPS) is 12.0. The molecule has 0 radical (unpaired) electrons. The maximum atomic E-state index is 11.4. The third-order valence-corrected chi connectivity index (χ3v) is 6.70. The van der Waals surface area contributed by atoms with Crippen LogP contribution in [0.15, 0.2) is 15.5 Å². The fraction of sp³-hybridized carbons (Fsp3) is 0.880. The third kappa shape index (κ3) is 9.98. The lowest BCUT2D eigenvalue weighted by atomic mass is 9.75. The molecule has 1 aromatic rings. The Morgan fingerprint density at radius 2 is 1.14 bits per heavy atom. The quantitative estimate of drug-likeness (QED) is 0.240. The van der Waals surface area contributed by atoms with Crippen molar-refractivity contribution < 1.29 is 4.42 Å². The first-order chi connectivity index (χ1) is 13.7. The Hall–Kier alpha value is -0.990. The molecule has 0 unspecified atom stereocenters. The number of nitrogens with one attached hydrogen (secondary N) is 1. The average molecular weight is 394 g/mol. The molecule has 0 spiro atoms. The summed E-state index contributed by atoms with van der Waals surface area (Å²) in [6.07, 6.45) is 25.8. The zero-order valence-electron chi connectivity index (χ0n) is 19.1. The van der Waals surface area contributed by atoms with Crippen LogP contribution < -0.4 is 5.76 Å². The Bertz CT molecular complexity index is 513. The highest BCUT2D eigenvalue weighted by molar-refractivity contribution is 5.11. The Morgan fingerprint density at radius 1 is 0.714 bits per heavy atom. The molecule has 0 saturated heterocycles. The van der Waals surface area contributed by atoms with E-state index in [1.165, 1.54) is 96.3 Å². The highest BCUT2D eigenvalue weighted by Crippen LogP contribution is 2.35. The maximum Gasteiger partial charge on any atom is 0.416 e. The molecule has 3 nitrogen and oxygen atoms in total. The molecular weight excluding hydrogens is 346 g/mol. The molecule has 0 bridgehead atoms. The fourth-order valence-electron chi connectivity index (χ4n) is 4.49. The van der Waals surface area contributed by atoms with Crippen LogP contribution in [0.25, 0.3) is 0 Å². The van der Waals surface area contributed by atoms with Crippen molar-refractivity contribution in [1.82, 2.24) is 4.98 Å². The fourth-order valence-corrected chi connectivity index (χ4v) is 4.49. The van der Waals surface area contributed by atoms with Crippen LogP contribution in [0.3, 0.4) is 0 Å². The summed E-state index contributed by atoms with van der Waals surface area (Å²) in [5.41, 5.74) is 1.08. The molecule has 0 amide bonds. The summed E-state index contributed by atoms with van der Waals surface area (Å²) in [7, 11) is 0. The van der Waals surface area contributed by atoms with Gasteiger partial charge in [-0.15, -0.1) is 0 Å². The molecule has 0 atom stereocenters. The minimum atomic E-state index is -0.322. The molecule has 1 heterocycles. The van der Waals surface area contributed by atoms with Crippen molar-refractivity contribution in [3.05, 3.63) is 22.5 Å². The summed E-state index contributed by atoms with van der Waals surface area (Å²) in [4.78, 5) is 14.3. The van der Waals surface area contributed by atoms with Gasteiger partial charge in [0.1, 0.15) is 6.26 Å². The van der Waals surface area contributed by atoms with Crippen LogP contribution in [0, 0.1) is 0 Å². The van der Waals surface area contributed by atoms with Crippen molar-refractivity contribution in [2.75, 3.05) is 0 Å². The van der Waals surface area contributed by atoms with E-state index in [1.807, 2.05) is 0 Å². The summed E-state index contributed by atoms with van der Waals surface area (Å²) < 4.78 is 4.99. The Morgan fingerprint density at radius 3 is 1.50 bits per heavy atom. The van der Waals surface area contributed by atoms with Crippen molar-refractivity contribution in [2.24, 2.45) is 0 Å². The van der Waals surface area contributed by atoms with Gasteiger partial charge in [0.15, 0.2) is 0 Å². The molecule has 3 heteroatoms. The van der Waals surface area contributed by atoms with Gasteiger partial charge >= 0.3 is 5.76 Å². The lowest BCUT2D eigenvalue weighted by Gasteiger charge is -2.30. The van der Waals surface area contributed by atoms with E-state index in [0.29, 0.717) is 0 Å². The number of rotatable bonds is 19. The zero-order chi connectivity index (χ0) is 20.5. The molecule has 164 valence electrons. The van der Waals surface area contributed by atoms with Crippen LogP contribution in [0.5, 0.6) is 0 Å². The highest BCUT2D eigenvalue weighted by atomic mass is 16.4. The predicted molar refractivity (Wildman–Crippen MR) is 121 cm³/mol. The molecule has 1 N–H and O–H groups in total. The molecule has 0 aliphatic carbocycles. The van der Waals surface area contributed by atoms with E-state index in [9.17, 15) is 4.79 Å². The first kappa shape index (κ1) is 25.0. The molecule has 0 saturated carbocycles. The van der Waals surface area contributed by atoms with Crippen LogP contribution in [0.1, 0.15) is 142 Å². The molecule has 0 aliphatic rings. The Balaban J connectivity index is 1.99. The lowest BCUT2D eigenvalue weighted by Crippen LogP contribution is -2.25. The van der Waals surface area contributed by atoms with Gasteiger partial charge < -0.3 is 4.42 Å². The lowest BCUT2D eigenvalue weighted by molar-refractivity contribution is 0.338. The minimum Gasteiger partial charge on any atom is -0.416 e. The van der Waals surface area contributed by atoms with E-state index in [-0.39, 0.29) is 11.2 Å². The number of unbranched alkanes of at least 4 members (excludes halogenated alkanes) is 14. The smallest absolute Gasteiger partial charge is 0.416 e. The highest BCUT2D eigenvalue weighted by Gasteiger charge is 2.30. The van der Waals surface area contributed by atoms with Gasteiger partial charge in [0.25, 0.3) is 0 Å². The van der Waals surface area contributed by atoms with Crippen LogP contribution in [0.4, 0.5) is 0 Å². The molecule has 0 aromatic carbocycles. The molecular formula is C25H47NO2. The van der Waals surface area contributed by atoms with Crippen LogP contribution in [-0.2, 0) is 5.41 Å². The van der Waals surface area contributed by atoms with E-state index in [4.69, 9.17) is 4.42 Å². The summed E-state index contributed by atoms with van der Waals surface area (Å²) >= 11 is 0. The van der Waals surface area contributed by atoms with Gasteiger partial charge in [-0.2, -0.15) is 0 Å². The van der Waals surface area contributed by atoms with Crippen molar-refractivity contribution in [3.8, 4) is 0 Å². The summed E-state index contributed by atoms with van der Waals surface area (Å²) in [5, 5.41) is 0. The van der Waals surface area contributed by atoms with E-state index < -0.39 is 0 Å². The number of aromatic amines is 1. The summed E-state index contributed by atoms with van der Waals surface area (Å²) in [5.74, 6) is -0.322. The topological polar surface area (TPSA) is 46.0 Å². The average Bonchev–Trinajstić information content (AvgIpc) is 3.15. The van der Waals surface area contributed by atoms with Gasteiger partial charge in [0.2, 0.25) is 0 Å². The largest absolute Gasteiger partial charge is 0.416 e. The zero-order valence-corrected chi connectivity index (χ0v) is 19.1. The number of hydrogen-bond donors (Lipinski definition) is 1.